The van der Waals surface area contributed by atoms with Crippen molar-refractivity contribution in [1.82, 2.24) is 5.32 Å². The summed E-state index contributed by atoms with van der Waals surface area (Å²) in [5.74, 6) is -0.334. The molecule has 0 bridgehead atoms. The average Bonchev–Trinajstić information content (AvgIpc) is 2.91. The number of amides is 1. The highest BCUT2D eigenvalue weighted by molar-refractivity contribution is 8.13. The van der Waals surface area contributed by atoms with Crippen molar-refractivity contribution in [1.29, 1.82) is 0 Å². The fourth-order valence-corrected chi connectivity index (χ4v) is 3.60. The van der Waals surface area contributed by atoms with Crippen LogP contribution in [0.4, 0.5) is 0 Å². The van der Waals surface area contributed by atoms with Crippen LogP contribution < -0.4 is 5.32 Å². The van der Waals surface area contributed by atoms with Crippen molar-refractivity contribution in [3.63, 3.8) is 0 Å². The molecule has 0 radical (unpaired) electrons. The Morgan fingerprint density at radius 3 is 2.76 bits per heavy atom. The first kappa shape index (κ1) is 16.3. The van der Waals surface area contributed by atoms with Gasteiger partial charge in [-0.15, -0.1) is 0 Å². The standard InChI is InChI=1S/C14H18ClNO4S/c1-9-5-6-11(8-13(9)21(15,18)19)14(17)16-10(2)12-4-3-7-20-12/h5-6,8,10,12H,3-4,7H2,1-2H3,(H,16,17). The zero-order valence-corrected chi connectivity index (χ0v) is 13.5. The van der Waals surface area contributed by atoms with E-state index in [1.54, 1.807) is 19.1 Å². The number of hydrogen-bond acceptors (Lipinski definition) is 4. The summed E-state index contributed by atoms with van der Waals surface area (Å²) < 4.78 is 28.5. The molecular weight excluding hydrogens is 314 g/mol. The Balaban J connectivity index is 2.16. The third kappa shape index (κ3) is 3.96. The summed E-state index contributed by atoms with van der Waals surface area (Å²) in [6.45, 7) is 4.22. The average molecular weight is 332 g/mol. The Bertz CT molecular complexity index is 638. The molecular formula is C14H18ClNO4S. The van der Waals surface area contributed by atoms with Gasteiger partial charge in [0.2, 0.25) is 0 Å². The highest BCUT2D eigenvalue weighted by Crippen LogP contribution is 2.21. The van der Waals surface area contributed by atoms with E-state index in [9.17, 15) is 13.2 Å². The molecule has 2 atom stereocenters. The molecule has 1 fully saturated rings. The van der Waals surface area contributed by atoms with Crippen LogP contribution in [0.25, 0.3) is 0 Å². The summed E-state index contributed by atoms with van der Waals surface area (Å²) in [5, 5.41) is 2.83. The van der Waals surface area contributed by atoms with Gasteiger partial charge in [0.1, 0.15) is 0 Å². The van der Waals surface area contributed by atoms with Gasteiger partial charge in [-0.05, 0) is 44.4 Å². The summed E-state index contributed by atoms with van der Waals surface area (Å²) in [6.07, 6.45) is 1.91. The monoisotopic (exact) mass is 331 g/mol. The van der Waals surface area contributed by atoms with Gasteiger partial charge in [-0.3, -0.25) is 4.79 Å². The normalized spacial score (nSPS) is 20.2. The number of carbonyl (C=O) groups excluding carboxylic acids is 1. The number of ether oxygens (including phenoxy) is 1. The van der Waals surface area contributed by atoms with Crippen molar-refractivity contribution in [2.24, 2.45) is 0 Å². The third-order valence-electron chi connectivity index (χ3n) is 3.59. The van der Waals surface area contributed by atoms with Gasteiger partial charge in [0.15, 0.2) is 0 Å². The molecule has 1 heterocycles. The summed E-state index contributed by atoms with van der Waals surface area (Å²) in [7, 11) is 1.50. The zero-order chi connectivity index (χ0) is 15.6. The molecule has 116 valence electrons. The molecule has 0 aromatic heterocycles. The zero-order valence-electron chi connectivity index (χ0n) is 11.9. The van der Waals surface area contributed by atoms with E-state index in [4.69, 9.17) is 15.4 Å². The van der Waals surface area contributed by atoms with Crippen molar-refractivity contribution >= 4 is 25.6 Å². The van der Waals surface area contributed by atoms with Gasteiger partial charge in [0, 0.05) is 22.9 Å². The molecule has 2 unspecified atom stereocenters. The smallest absolute Gasteiger partial charge is 0.261 e. The first-order chi connectivity index (χ1) is 9.79. The van der Waals surface area contributed by atoms with Crippen LogP contribution in [0.3, 0.4) is 0 Å². The highest BCUT2D eigenvalue weighted by Gasteiger charge is 2.24. The van der Waals surface area contributed by atoms with Gasteiger partial charge >= 0.3 is 0 Å². The van der Waals surface area contributed by atoms with Crippen LogP contribution >= 0.6 is 10.7 Å². The lowest BCUT2D eigenvalue weighted by Gasteiger charge is -2.20. The largest absolute Gasteiger partial charge is 0.376 e. The molecule has 1 aliphatic heterocycles. The first-order valence-electron chi connectivity index (χ1n) is 6.77. The summed E-state index contributed by atoms with van der Waals surface area (Å²) in [6, 6.07) is 4.33. The summed E-state index contributed by atoms with van der Waals surface area (Å²) in [5.41, 5.74) is 0.776. The molecule has 1 aliphatic rings. The van der Waals surface area contributed by atoms with E-state index < -0.39 is 9.05 Å². The topological polar surface area (TPSA) is 72.5 Å². The number of carbonyl (C=O) groups is 1. The van der Waals surface area contributed by atoms with E-state index >= 15 is 0 Å². The third-order valence-corrected chi connectivity index (χ3v) is 5.06. The first-order valence-corrected chi connectivity index (χ1v) is 9.08. The second-order valence-electron chi connectivity index (χ2n) is 5.23. The second kappa shape index (κ2) is 6.34. The van der Waals surface area contributed by atoms with Crippen molar-refractivity contribution in [3.8, 4) is 0 Å². The van der Waals surface area contributed by atoms with E-state index in [2.05, 4.69) is 5.32 Å². The molecule has 1 aromatic rings. The van der Waals surface area contributed by atoms with Crippen LogP contribution in [0.5, 0.6) is 0 Å². The Kier molecular flexibility index (Phi) is 4.91. The van der Waals surface area contributed by atoms with Gasteiger partial charge in [-0.25, -0.2) is 8.42 Å². The highest BCUT2D eigenvalue weighted by atomic mass is 35.7. The van der Waals surface area contributed by atoms with E-state index in [1.807, 2.05) is 6.92 Å². The lowest BCUT2D eigenvalue weighted by Crippen LogP contribution is -2.40. The number of halogens is 1. The van der Waals surface area contributed by atoms with Crippen LogP contribution in [0, 0.1) is 6.92 Å². The van der Waals surface area contributed by atoms with Gasteiger partial charge in [0.05, 0.1) is 17.0 Å². The molecule has 1 saturated heterocycles. The summed E-state index contributed by atoms with van der Waals surface area (Å²) >= 11 is 0. The predicted molar refractivity (Wildman–Crippen MR) is 80.1 cm³/mol. The maximum atomic E-state index is 12.2. The minimum Gasteiger partial charge on any atom is -0.376 e. The molecule has 1 amide bonds. The molecule has 21 heavy (non-hydrogen) atoms. The van der Waals surface area contributed by atoms with E-state index in [1.165, 1.54) is 6.07 Å². The molecule has 0 aliphatic carbocycles. The second-order valence-corrected chi connectivity index (χ2v) is 7.77. The van der Waals surface area contributed by atoms with Crippen LogP contribution in [-0.4, -0.2) is 33.1 Å². The number of hydrogen-bond donors (Lipinski definition) is 1. The molecule has 1 N–H and O–H groups in total. The van der Waals surface area contributed by atoms with Crippen molar-refractivity contribution in [3.05, 3.63) is 29.3 Å². The van der Waals surface area contributed by atoms with Gasteiger partial charge in [-0.1, -0.05) is 6.07 Å². The fourth-order valence-electron chi connectivity index (χ4n) is 2.38. The van der Waals surface area contributed by atoms with E-state index in [-0.39, 0.29) is 28.5 Å². The molecule has 0 saturated carbocycles. The Hall–Kier alpha value is -1.11. The minimum atomic E-state index is -3.87. The minimum absolute atomic E-state index is 0.00984. The van der Waals surface area contributed by atoms with Gasteiger partial charge < -0.3 is 10.1 Å². The molecule has 5 nitrogen and oxygen atoms in total. The van der Waals surface area contributed by atoms with Crippen molar-refractivity contribution in [2.45, 2.75) is 43.7 Å². The lowest BCUT2D eigenvalue weighted by molar-refractivity contribution is 0.0712. The maximum Gasteiger partial charge on any atom is 0.261 e. The lowest BCUT2D eigenvalue weighted by atomic mass is 10.1. The Morgan fingerprint density at radius 1 is 1.48 bits per heavy atom. The van der Waals surface area contributed by atoms with Crippen LogP contribution in [0.1, 0.15) is 35.7 Å². The van der Waals surface area contributed by atoms with Crippen LogP contribution in [0.2, 0.25) is 0 Å². The number of benzene rings is 1. The molecule has 2 rings (SSSR count). The van der Waals surface area contributed by atoms with E-state index in [0.29, 0.717) is 12.2 Å². The fraction of sp³-hybridized carbons (Fsp3) is 0.500. The van der Waals surface area contributed by atoms with Crippen molar-refractivity contribution < 1.29 is 17.9 Å². The Morgan fingerprint density at radius 2 is 2.19 bits per heavy atom. The number of aryl methyl sites for hydroxylation is 1. The van der Waals surface area contributed by atoms with Gasteiger partial charge in [0.25, 0.3) is 15.0 Å². The molecule has 1 aromatic carbocycles. The van der Waals surface area contributed by atoms with Gasteiger partial charge in [-0.2, -0.15) is 0 Å². The van der Waals surface area contributed by atoms with Crippen LogP contribution in [-0.2, 0) is 13.8 Å². The quantitative estimate of drug-likeness (QED) is 0.859. The number of nitrogens with one attached hydrogen (secondary N) is 1. The predicted octanol–water partition coefficient (Wildman–Crippen LogP) is 2.22. The Labute approximate surface area is 129 Å². The molecule has 7 heteroatoms. The molecule has 0 spiro atoms. The van der Waals surface area contributed by atoms with E-state index in [0.717, 1.165) is 12.8 Å². The maximum absolute atomic E-state index is 12.2. The number of rotatable bonds is 4. The SMILES string of the molecule is Cc1ccc(C(=O)NC(C)C2CCCO2)cc1S(=O)(=O)Cl. The summed E-state index contributed by atoms with van der Waals surface area (Å²) in [4.78, 5) is 12.2. The van der Waals surface area contributed by atoms with Crippen molar-refractivity contribution in [2.75, 3.05) is 6.61 Å². The van der Waals surface area contributed by atoms with Crippen LogP contribution in [0.15, 0.2) is 23.1 Å².